The molecule has 0 aromatic carbocycles. The molecule has 0 aromatic rings. The maximum atomic E-state index is 9.10. The minimum atomic E-state index is -0.215. The topological polar surface area (TPSA) is 32.3 Å². The molecule has 3 unspecified atom stereocenters. The molecular formula is C10H21NO. The molecule has 0 heterocycles. The van der Waals surface area contributed by atoms with Crippen molar-refractivity contribution in [3.8, 4) is 0 Å². The van der Waals surface area contributed by atoms with E-state index in [0.717, 1.165) is 18.4 Å². The van der Waals surface area contributed by atoms with Gasteiger partial charge in [-0.25, -0.2) is 0 Å². The van der Waals surface area contributed by atoms with Gasteiger partial charge in [0.15, 0.2) is 0 Å². The van der Waals surface area contributed by atoms with Crippen LogP contribution < -0.4 is 5.32 Å². The van der Waals surface area contributed by atoms with Crippen molar-refractivity contribution in [1.82, 2.24) is 5.32 Å². The molecule has 1 fully saturated rings. The Morgan fingerprint density at radius 1 is 1.42 bits per heavy atom. The van der Waals surface area contributed by atoms with Gasteiger partial charge in [-0.2, -0.15) is 0 Å². The minimum absolute atomic E-state index is 0.215. The van der Waals surface area contributed by atoms with Gasteiger partial charge in [0, 0.05) is 12.6 Å². The second-order valence-corrected chi connectivity index (χ2v) is 4.28. The predicted molar refractivity (Wildman–Crippen MR) is 51.0 cm³/mol. The Morgan fingerprint density at radius 3 is 2.50 bits per heavy atom. The Hall–Kier alpha value is -0.0800. The number of aliphatic hydroxyl groups is 1. The molecule has 1 aliphatic carbocycles. The maximum Gasteiger partial charge on any atom is 0.0636 e. The molecular weight excluding hydrogens is 150 g/mol. The fraction of sp³-hybridized carbons (Fsp3) is 1.00. The van der Waals surface area contributed by atoms with Gasteiger partial charge in [-0.1, -0.05) is 13.8 Å². The van der Waals surface area contributed by atoms with Crippen molar-refractivity contribution in [1.29, 1.82) is 0 Å². The number of aliphatic hydroxyl groups excluding tert-OH is 1. The predicted octanol–water partition coefficient (Wildman–Crippen LogP) is 1.39. The second-order valence-electron chi connectivity index (χ2n) is 4.28. The summed E-state index contributed by atoms with van der Waals surface area (Å²) in [7, 11) is 0. The summed E-state index contributed by atoms with van der Waals surface area (Å²) in [5.41, 5.74) is 0. The zero-order chi connectivity index (χ0) is 9.14. The fourth-order valence-electron chi connectivity index (χ4n) is 1.97. The summed E-state index contributed by atoms with van der Waals surface area (Å²) in [5, 5.41) is 12.5. The van der Waals surface area contributed by atoms with E-state index in [4.69, 9.17) is 5.11 Å². The molecule has 2 nitrogen and oxygen atoms in total. The van der Waals surface area contributed by atoms with Gasteiger partial charge in [0.05, 0.1) is 6.10 Å². The number of nitrogens with one attached hydrogen (secondary N) is 1. The van der Waals surface area contributed by atoms with E-state index in [9.17, 15) is 0 Å². The first-order valence-electron chi connectivity index (χ1n) is 5.02. The molecule has 4 atom stereocenters. The van der Waals surface area contributed by atoms with Gasteiger partial charge in [-0.15, -0.1) is 0 Å². The van der Waals surface area contributed by atoms with E-state index in [0.29, 0.717) is 6.04 Å². The number of hydrogen-bond donors (Lipinski definition) is 2. The Morgan fingerprint density at radius 2 is 2.08 bits per heavy atom. The lowest BCUT2D eigenvalue weighted by Gasteiger charge is -2.20. The third-order valence-electron chi connectivity index (χ3n) is 3.14. The van der Waals surface area contributed by atoms with Crippen LogP contribution >= 0.6 is 0 Å². The van der Waals surface area contributed by atoms with Gasteiger partial charge in [0.1, 0.15) is 0 Å². The van der Waals surface area contributed by atoms with E-state index in [1.54, 1.807) is 0 Å². The van der Waals surface area contributed by atoms with Crippen molar-refractivity contribution in [3.05, 3.63) is 0 Å². The number of rotatable bonds is 3. The van der Waals surface area contributed by atoms with Crippen molar-refractivity contribution in [2.75, 3.05) is 6.54 Å². The van der Waals surface area contributed by atoms with Crippen molar-refractivity contribution in [2.45, 2.75) is 45.8 Å². The van der Waals surface area contributed by atoms with Gasteiger partial charge < -0.3 is 10.4 Å². The fourth-order valence-corrected chi connectivity index (χ4v) is 1.97. The third-order valence-corrected chi connectivity index (χ3v) is 3.14. The van der Waals surface area contributed by atoms with Crippen LogP contribution in [0.15, 0.2) is 0 Å². The highest BCUT2D eigenvalue weighted by Crippen LogP contribution is 2.30. The Labute approximate surface area is 75.4 Å². The summed E-state index contributed by atoms with van der Waals surface area (Å²) in [6.07, 6.45) is 2.39. The molecule has 1 saturated carbocycles. The first-order chi connectivity index (χ1) is 5.61. The van der Waals surface area contributed by atoms with Gasteiger partial charge in [0.2, 0.25) is 0 Å². The molecule has 0 saturated heterocycles. The zero-order valence-corrected chi connectivity index (χ0v) is 8.38. The summed E-state index contributed by atoms with van der Waals surface area (Å²) in [5.74, 6) is 1.61. The molecule has 0 radical (unpaired) electrons. The molecule has 1 rings (SSSR count). The maximum absolute atomic E-state index is 9.10. The lowest BCUT2D eigenvalue weighted by atomic mass is 9.98. The van der Waals surface area contributed by atoms with Gasteiger partial charge in [0.25, 0.3) is 0 Å². The molecule has 2 N–H and O–H groups in total. The van der Waals surface area contributed by atoms with Crippen LogP contribution in [0.25, 0.3) is 0 Å². The Balaban J connectivity index is 2.24. The van der Waals surface area contributed by atoms with E-state index < -0.39 is 0 Å². The summed E-state index contributed by atoms with van der Waals surface area (Å²) in [6, 6.07) is 0.634. The molecule has 0 amide bonds. The molecule has 0 spiro atoms. The smallest absolute Gasteiger partial charge is 0.0636 e. The number of hydrogen-bond acceptors (Lipinski definition) is 2. The average molecular weight is 171 g/mol. The summed E-state index contributed by atoms with van der Waals surface area (Å²) >= 11 is 0. The molecule has 0 bridgehead atoms. The first-order valence-corrected chi connectivity index (χ1v) is 5.02. The van der Waals surface area contributed by atoms with Gasteiger partial charge >= 0.3 is 0 Å². The molecule has 2 heteroatoms. The lowest BCUT2D eigenvalue weighted by Crippen LogP contribution is -2.36. The zero-order valence-electron chi connectivity index (χ0n) is 8.38. The van der Waals surface area contributed by atoms with Crippen molar-refractivity contribution in [2.24, 2.45) is 11.8 Å². The standard InChI is InChI=1S/C10H21NO/c1-7-4-5-10(9(7)3)11-6-8(2)12/h7-12H,4-6H2,1-3H3/t7?,8-,9?,10?/m0/s1. The lowest BCUT2D eigenvalue weighted by molar-refractivity contribution is 0.181. The Bertz CT molecular complexity index is 136. The van der Waals surface area contributed by atoms with E-state index in [1.165, 1.54) is 12.8 Å². The minimum Gasteiger partial charge on any atom is -0.392 e. The van der Waals surface area contributed by atoms with Gasteiger partial charge in [-0.05, 0) is 31.6 Å². The van der Waals surface area contributed by atoms with Crippen LogP contribution in [0.2, 0.25) is 0 Å². The highest BCUT2D eigenvalue weighted by molar-refractivity contribution is 4.84. The van der Waals surface area contributed by atoms with E-state index in [2.05, 4.69) is 19.2 Å². The summed E-state index contributed by atoms with van der Waals surface area (Å²) in [4.78, 5) is 0. The van der Waals surface area contributed by atoms with Crippen molar-refractivity contribution >= 4 is 0 Å². The SMILES string of the molecule is CC1CCC(NC[C@H](C)O)C1C. The quantitative estimate of drug-likeness (QED) is 0.672. The van der Waals surface area contributed by atoms with E-state index in [-0.39, 0.29) is 6.10 Å². The van der Waals surface area contributed by atoms with Crippen LogP contribution in [-0.2, 0) is 0 Å². The largest absolute Gasteiger partial charge is 0.392 e. The first kappa shape index (κ1) is 10.0. The summed E-state index contributed by atoms with van der Waals surface area (Å²) in [6.45, 7) is 7.18. The van der Waals surface area contributed by atoms with Crippen LogP contribution in [0.5, 0.6) is 0 Å². The van der Waals surface area contributed by atoms with Crippen LogP contribution in [0.3, 0.4) is 0 Å². The second kappa shape index (κ2) is 4.24. The highest BCUT2D eigenvalue weighted by Gasteiger charge is 2.29. The van der Waals surface area contributed by atoms with Crippen LogP contribution in [0, 0.1) is 11.8 Å². The third kappa shape index (κ3) is 2.46. The Kier molecular flexibility index (Phi) is 3.53. The average Bonchev–Trinajstić information content (AvgIpc) is 2.30. The van der Waals surface area contributed by atoms with Crippen molar-refractivity contribution in [3.63, 3.8) is 0 Å². The van der Waals surface area contributed by atoms with Crippen LogP contribution in [0.4, 0.5) is 0 Å². The molecule has 72 valence electrons. The molecule has 0 aromatic heterocycles. The van der Waals surface area contributed by atoms with Crippen LogP contribution in [0.1, 0.15) is 33.6 Å². The van der Waals surface area contributed by atoms with Crippen molar-refractivity contribution < 1.29 is 5.11 Å². The van der Waals surface area contributed by atoms with E-state index in [1.807, 2.05) is 6.92 Å². The molecule has 0 aliphatic heterocycles. The van der Waals surface area contributed by atoms with Crippen LogP contribution in [-0.4, -0.2) is 23.8 Å². The molecule has 1 aliphatic rings. The highest BCUT2D eigenvalue weighted by atomic mass is 16.3. The summed E-state index contributed by atoms with van der Waals surface area (Å²) < 4.78 is 0. The normalized spacial score (nSPS) is 38.5. The van der Waals surface area contributed by atoms with E-state index >= 15 is 0 Å². The monoisotopic (exact) mass is 171 g/mol. The molecule has 12 heavy (non-hydrogen) atoms. The van der Waals surface area contributed by atoms with Gasteiger partial charge in [-0.3, -0.25) is 0 Å².